The first kappa shape index (κ1) is 10.5. The maximum Gasteiger partial charge on any atom is 0.236 e. The second-order valence-corrected chi connectivity index (χ2v) is 4.04. The van der Waals surface area contributed by atoms with Gasteiger partial charge in [0.05, 0.1) is 6.54 Å². The van der Waals surface area contributed by atoms with Gasteiger partial charge >= 0.3 is 0 Å². The van der Waals surface area contributed by atoms with Crippen LogP contribution < -0.4 is 5.73 Å². The molecule has 3 heteroatoms. The van der Waals surface area contributed by atoms with E-state index in [9.17, 15) is 4.79 Å². The minimum Gasteiger partial charge on any atom is -0.341 e. The van der Waals surface area contributed by atoms with Crippen molar-refractivity contribution < 1.29 is 4.79 Å². The molecule has 1 saturated carbocycles. The van der Waals surface area contributed by atoms with Crippen LogP contribution in [0.5, 0.6) is 0 Å². The number of hydrogen-bond acceptors (Lipinski definition) is 2. The van der Waals surface area contributed by atoms with Crippen LogP contribution in [0.3, 0.4) is 0 Å². The predicted molar refractivity (Wildman–Crippen MR) is 53.2 cm³/mol. The van der Waals surface area contributed by atoms with E-state index in [4.69, 9.17) is 5.73 Å². The summed E-state index contributed by atoms with van der Waals surface area (Å²) in [6.45, 7) is 2.36. The number of nitrogens with zero attached hydrogens (tertiary/aromatic N) is 1. The van der Waals surface area contributed by atoms with E-state index in [1.165, 1.54) is 19.3 Å². The van der Waals surface area contributed by atoms with Gasteiger partial charge in [0, 0.05) is 13.1 Å². The first-order valence-electron chi connectivity index (χ1n) is 5.12. The van der Waals surface area contributed by atoms with E-state index in [-0.39, 0.29) is 12.5 Å². The molecule has 1 fully saturated rings. The Labute approximate surface area is 80.3 Å². The second kappa shape index (κ2) is 4.61. The summed E-state index contributed by atoms with van der Waals surface area (Å²) in [6.07, 6.45) is 4.94. The number of nitrogens with two attached hydrogens (primary N) is 1. The van der Waals surface area contributed by atoms with Crippen LogP contribution in [-0.4, -0.2) is 30.4 Å². The van der Waals surface area contributed by atoms with Gasteiger partial charge in [-0.2, -0.15) is 0 Å². The molecule has 76 valence electrons. The van der Waals surface area contributed by atoms with Crippen LogP contribution in [0.2, 0.25) is 0 Å². The van der Waals surface area contributed by atoms with Crippen molar-refractivity contribution in [1.29, 1.82) is 0 Å². The first-order valence-corrected chi connectivity index (χ1v) is 5.12. The molecule has 2 unspecified atom stereocenters. The van der Waals surface area contributed by atoms with Crippen LogP contribution in [0.15, 0.2) is 0 Å². The lowest BCUT2D eigenvalue weighted by atomic mass is 9.85. The van der Waals surface area contributed by atoms with Crippen molar-refractivity contribution in [3.8, 4) is 0 Å². The van der Waals surface area contributed by atoms with Gasteiger partial charge in [0.1, 0.15) is 0 Å². The van der Waals surface area contributed by atoms with Crippen LogP contribution in [0.25, 0.3) is 0 Å². The molecule has 0 saturated heterocycles. The number of rotatable bonds is 2. The van der Waals surface area contributed by atoms with Crippen molar-refractivity contribution in [1.82, 2.24) is 4.90 Å². The topological polar surface area (TPSA) is 46.3 Å². The number of likely N-dealkylation sites (N-methyl/N-ethyl adjacent to an activating group) is 1. The van der Waals surface area contributed by atoms with Crippen LogP contribution >= 0.6 is 0 Å². The van der Waals surface area contributed by atoms with Gasteiger partial charge in [-0.05, 0) is 18.8 Å². The van der Waals surface area contributed by atoms with Crippen LogP contribution in [0.4, 0.5) is 0 Å². The Kier molecular flexibility index (Phi) is 3.72. The molecule has 0 aliphatic heterocycles. The van der Waals surface area contributed by atoms with Gasteiger partial charge in [-0.25, -0.2) is 0 Å². The standard InChI is InChI=1S/C10H20N2O/c1-8-5-3-4-6-9(8)12(2)10(13)7-11/h8-9H,3-7,11H2,1-2H3. The first-order chi connectivity index (χ1) is 6.16. The smallest absolute Gasteiger partial charge is 0.236 e. The predicted octanol–water partition coefficient (Wildman–Crippen LogP) is 0.982. The quantitative estimate of drug-likeness (QED) is 0.695. The van der Waals surface area contributed by atoms with Gasteiger partial charge in [-0.15, -0.1) is 0 Å². The summed E-state index contributed by atoms with van der Waals surface area (Å²) in [5, 5.41) is 0. The van der Waals surface area contributed by atoms with Crippen LogP contribution in [-0.2, 0) is 4.79 Å². The Morgan fingerprint density at radius 1 is 1.46 bits per heavy atom. The van der Waals surface area contributed by atoms with Crippen LogP contribution in [0.1, 0.15) is 32.6 Å². The highest BCUT2D eigenvalue weighted by molar-refractivity contribution is 5.78. The van der Waals surface area contributed by atoms with E-state index in [1.807, 2.05) is 11.9 Å². The van der Waals surface area contributed by atoms with Gasteiger partial charge in [0.25, 0.3) is 0 Å². The second-order valence-electron chi connectivity index (χ2n) is 4.04. The summed E-state index contributed by atoms with van der Waals surface area (Å²) < 4.78 is 0. The Bertz CT molecular complexity index is 182. The number of hydrogen-bond donors (Lipinski definition) is 1. The van der Waals surface area contributed by atoms with E-state index < -0.39 is 0 Å². The highest BCUT2D eigenvalue weighted by Gasteiger charge is 2.26. The third-order valence-electron chi connectivity index (χ3n) is 3.13. The zero-order valence-corrected chi connectivity index (χ0v) is 8.62. The van der Waals surface area contributed by atoms with Crippen molar-refractivity contribution in [2.24, 2.45) is 11.7 Å². The van der Waals surface area contributed by atoms with Gasteiger partial charge in [-0.1, -0.05) is 19.8 Å². The number of carbonyl (C=O) groups is 1. The van der Waals surface area contributed by atoms with E-state index in [1.54, 1.807) is 0 Å². The summed E-state index contributed by atoms with van der Waals surface area (Å²) in [4.78, 5) is 13.2. The summed E-state index contributed by atoms with van der Waals surface area (Å²) in [5.74, 6) is 0.702. The fourth-order valence-corrected chi connectivity index (χ4v) is 2.20. The summed E-state index contributed by atoms with van der Waals surface area (Å²) >= 11 is 0. The molecule has 2 atom stereocenters. The summed E-state index contributed by atoms with van der Waals surface area (Å²) in [7, 11) is 1.88. The summed E-state index contributed by atoms with van der Waals surface area (Å²) in [6, 6.07) is 0.421. The lowest BCUT2D eigenvalue weighted by molar-refractivity contribution is -0.132. The monoisotopic (exact) mass is 184 g/mol. The normalized spacial score (nSPS) is 28.5. The van der Waals surface area contributed by atoms with Gasteiger partial charge in [0.2, 0.25) is 5.91 Å². The lowest BCUT2D eigenvalue weighted by Crippen LogP contribution is -2.45. The molecule has 0 bridgehead atoms. The van der Waals surface area contributed by atoms with Crippen molar-refractivity contribution in [2.75, 3.05) is 13.6 Å². The van der Waals surface area contributed by atoms with Crippen molar-refractivity contribution in [3.63, 3.8) is 0 Å². The average molecular weight is 184 g/mol. The molecule has 1 rings (SSSR count). The molecule has 13 heavy (non-hydrogen) atoms. The molecule has 0 aromatic heterocycles. The number of amides is 1. The summed E-state index contributed by atoms with van der Waals surface area (Å²) in [5.41, 5.74) is 5.33. The minimum absolute atomic E-state index is 0.0683. The third-order valence-corrected chi connectivity index (χ3v) is 3.13. The highest BCUT2D eigenvalue weighted by atomic mass is 16.2. The molecule has 0 radical (unpaired) electrons. The third kappa shape index (κ3) is 2.44. The van der Waals surface area contributed by atoms with Gasteiger partial charge in [0.15, 0.2) is 0 Å². The molecule has 1 aliphatic carbocycles. The van der Waals surface area contributed by atoms with Crippen molar-refractivity contribution in [2.45, 2.75) is 38.6 Å². The fraction of sp³-hybridized carbons (Fsp3) is 0.900. The van der Waals surface area contributed by atoms with Crippen molar-refractivity contribution in [3.05, 3.63) is 0 Å². The SMILES string of the molecule is CC1CCCCC1N(C)C(=O)CN. The lowest BCUT2D eigenvalue weighted by Gasteiger charge is -2.36. The Morgan fingerprint density at radius 2 is 2.08 bits per heavy atom. The molecule has 0 aromatic carbocycles. The molecule has 0 spiro atoms. The molecular formula is C10H20N2O. The maximum absolute atomic E-state index is 11.4. The average Bonchev–Trinajstić information content (AvgIpc) is 2.16. The number of carbonyl (C=O) groups excluding carboxylic acids is 1. The van der Waals surface area contributed by atoms with E-state index >= 15 is 0 Å². The zero-order valence-electron chi connectivity index (χ0n) is 8.62. The zero-order chi connectivity index (χ0) is 9.84. The Balaban J connectivity index is 2.53. The van der Waals surface area contributed by atoms with E-state index in [0.29, 0.717) is 12.0 Å². The molecule has 3 nitrogen and oxygen atoms in total. The molecular weight excluding hydrogens is 164 g/mol. The molecule has 1 amide bonds. The van der Waals surface area contributed by atoms with Crippen LogP contribution in [0, 0.1) is 5.92 Å². The molecule has 2 N–H and O–H groups in total. The maximum atomic E-state index is 11.4. The molecule has 0 heterocycles. The fourth-order valence-electron chi connectivity index (χ4n) is 2.20. The molecule has 1 aliphatic rings. The van der Waals surface area contributed by atoms with Gasteiger partial charge in [-0.3, -0.25) is 4.79 Å². The molecule has 0 aromatic rings. The Hall–Kier alpha value is -0.570. The van der Waals surface area contributed by atoms with Crippen molar-refractivity contribution >= 4 is 5.91 Å². The van der Waals surface area contributed by atoms with Gasteiger partial charge < -0.3 is 10.6 Å². The van der Waals surface area contributed by atoms with E-state index in [2.05, 4.69) is 6.92 Å². The highest BCUT2D eigenvalue weighted by Crippen LogP contribution is 2.27. The van der Waals surface area contributed by atoms with E-state index in [0.717, 1.165) is 6.42 Å². The Morgan fingerprint density at radius 3 is 2.62 bits per heavy atom. The minimum atomic E-state index is 0.0683. The largest absolute Gasteiger partial charge is 0.341 e.